The second-order valence-electron chi connectivity index (χ2n) is 7.89. The van der Waals surface area contributed by atoms with Crippen LogP contribution < -0.4 is 0 Å². The van der Waals surface area contributed by atoms with Gasteiger partial charge >= 0.3 is 0 Å². The van der Waals surface area contributed by atoms with Crippen LogP contribution in [0.5, 0.6) is 0 Å². The highest BCUT2D eigenvalue weighted by Gasteiger charge is 2.23. The van der Waals surface area contributed by atoms with Crippen molar-refractivity contribution >= 4 is 21.1 Å². The normalized spacial score (nSPS) is 17.8. The maximum atomic E-state index is 4.51. The Morgan fingerprint density at radius 1 is 1.00 bits per heavy atom. The molecule has 0 amide bonds. The first-order valence-corrected chi connectivity index (χ1v) is 12.0. The van der Waals surface area contributed by atoms with Gasteiger partial charge < -0.3 is 4.57 Å². The summed E-state index contributed by atoms with van der Waals surface area (Å²) in [4.78, 5) is 1.32. The predicted octanol–water partition coefficient (Wildman–Crippen LogP) is 4.93. The van der Waals surface area contributed by atoms with Crippen LogP contribution in [0.15, 0.2) is 29.2 Å². The van der Waals surface area contributed by atoms with Crippen molar-refractivity contribution in [2.24, 2.45) is 0 Å². The Morgan fingerprint density at radius 2 is 1.69 bits per heavy atom. The van der Waals surface area contributed by atoms with Crippen LogP contribution in [0.1, 0.15) is 54.3 Å². The van der Waals surface area contributed by atoms with Crippen molar-refractivity contribution in [2.45, 2.75) is 63.8 Å². The molecule has 2 aromatic rings. The zero-order chi connectivity index (χ0) is 18.3. The fourth-order valence-electron chi connectivity index (χ4n) is 4.85. The second kappa shape index (κ2) is 6.94. The summed E-state index contributed by atoms with van der Waals surface area (Å²) in [6.45, 7) is 7.98. The van der Waals surface area contributed by atoms with E-state index in [2.05, 4.69) is 58.7 Å². The number of nitrogens with zero attached hydrogens (tertiary/aromatic N) is 2. The van der Waals surface area contributed by atoms with Gasteiger partial charge in [-0.2, -0.15) is 0 Å². The van der Waals surface area contributed by atoms with E-state index < -0.39 is 9.39 Å². The standard InChI is InChI=1S/C23H32N2S/c1-5-25-18(2)22(21-9-8-10-23(21)25)17-19-11-13-20(14-12-19)26(3,4)24-15-6-7-16-24/h11-14H,3-10,15-17H2,1-2H3. The summed E-state index contributed by atoms with van der Waals surface area (Å²) in [6, 6.07) is 9.20. The van der Waals surface area contributed by atoms with Gasteiger partial charge in [0.25, 0.3) is 0 Å². The van der Waals surface area contributed by atoms with Crippen LogP contribution in [0, 0.1) is 6.92 Å². The zero-order valence-corrected chi connectivity index (χ0v) is 17.2. The van der Waals surface area contributed by atoms with Gasteiger partial charge in [-0.25, -0.2) is 0 Å². The smallest absolute Gasteiger partial charge is 0.0212 e. The van der Waals surface area contributed by atoms with Crippen molar-refractivity contribution in [2.75, 3.05) is 13.1 Å². The SMILES string of the molecule is C=S(=C)(c1ccc(Cc2c3c(n(CC)c2C)CCC3)cc1)N1CCCC1. The van der Waals surface area contributed by atoms with Gasteiger partial charge in [-0.3, -0.25) is 4.31 Å². The molecule has 26 heavy (non-hydrogen) atoms. The third kappa shape index (κ3) is 2.95. The van der Waals surface area contributed by atoms with E-state index in [1.54, 1.807) is 16.8 Å². The summed E-state index contributed by atoms with van der Waals surface area (Å²) in [6.07, 6.45) is 7.47. The van der Waals surface area contributed by atoms with E-state index in [1.165, 1.54) is 48.3 Å². The molecule has 1 aliphatic carbocycles. The predicted molar refractivity (Wildman–Crippen MR) is 117 cm³/mol. The summed E-state index contributed by atoms with van der Waals surface area (Å²) in [5.74, 6) is 9.01. The van der Waals surface area contributed by atoms with Gasteiger partial charge in [0.05, 0.1) is 0 Å². The lowest BCUT2D eigenvalue weighted by atomic mass is 10.0. The molecule has 0 bridgehead atoms. The van der Waals surface area contributed by atoms with Crippen LogP contribution in [0.25, 0.3) is 0 Å². The van der Waals surface area contributed by atoms with Gasteiger partial charge in [0, 0.05) is 35.9 Å². The van der Waals surface area contributed by atoms with E-state index in [-0.39, 0.29) is 0 Å². The molecule has 0 saturated carbocycles. The number of hydrogen-bond acceptors (Lipinski definition) is 1. The number of hydrogen-bond donors (Lipinski definition) is 0. The van der Waals surface area contributed by atoms with Gasteiger partial charge in [0.1, 0.15) is 0 Å². The first-order valence-electron chi connectivity index (χ1n) is 10.1. The van der Waals surface area contributed by atoms with Crippen molar-refractivity contribution in [1.82, 2.24) is 8.87 Å². The topological polar surface area (TPSA) is 8.17 Å². The molecule has 0 N–H and O–H groups in total. The second-order valence-corrected chi connectivity index (χ2v) is 10.6. The van der Waals surface area contributed by atoms with E-state index in [4.69, 9.17) is 0 Å². The molecular formula is C23H32N2S. The molecule has 0 radical (unpaired) electrons. The number of aromatic nitrogens is 1. The van der Waals surface area contributed by atoms with Gasteiger partial charge in [-0.1, -0.05) is 23.9 Å². The van der Waals surface area contributed by atoms with Crippen LogP contribution in [0.3, 0.4) is 0 Å². The number of benzene rings is 1. The van der Waals surface area contributed by atoms with E-state index in [1.807, 2.05) is 0 Å². The molecule has 140 valence electrons. The highest BCUT2D eigenvalue weighted by molar-refractivity contribution is 8.25. The summed E-state index contributed by atoms with van der Waals surface area (Å²) in [5.41, 5.74) is 7.71. The highest BCUT2D eigenvalue weighted by atomic mass is 32.2. The molecule has 4 rings (SSSR count). The third-order valence-corrected chi connectivity index (χ3v) is 8.84. The van der Waals surface area contributed by atoms with E-state index in [0.717, 1.165) is 26.1 Å². The maximum absolute atomic E-state index is 4.51. The molecule has 2 nitrogen and oxygen atoms in total. The largest absolute Gasteiger partial charge is 0.349 e. The fraction of sp³-hybridized carbons (Fsp3) is 0.478. The Kier molecular flexibility index (Phi) is 4.79. The quantitative estimate of drug-likeness (QED) is 0.679. The lowest BCUT2D eigenvalue weighted by Gasteiger charge is -2.26. The minimum atomic E-state index is -1.32. The average molecular weight is 369 g/mol. The van der Waals surface area contributed by atoms with E-state index in [0.29, 0.717) is 0 Å². The molecular weight excluding hydrogens is 336 g/mol. The molecule has 2 heterocycles. The molecule has 1 aromatic heterocycles. The minimum Gasteiger partial charge on any atom is -0.349 e. The molecule has 1 aliphatic heterocycles. The molecule has 2 aliphatic rings. The lowest BCUT2D eigenvalue weighted by molar-refractivity contribution is 0.583. The van der Waals surface area contributed by atoms with Crippen molar-refractivity contribution < 1.29 is 0 Å². The molecule has 1 fully saturated rings. The molecule has 1 aromatic carbocycles. The Balaban J connectivity index is 1.59. The van der Waals surface area contributed by atoms with Gasteiger partial charge in [-0.05, 0) is 81.2 Å². The average Bonchev–Trinajstić information content (AvgIpc) is 3.36. The summed E-state index contributed by atoms with van der Waals surface area (Å²) in [5, 5.41) is 0. The van der Waals surface area contributed by atoms with E-state index in [9.17, 15) is 0 Å². The highest BCUT2D eigenvalue weighted by Crippen LogP contribution is 2.39. The first kappa shape index (κ1) is 17.9. The molecule has 1 saturated heterocycles. The van der Waals surface area contributed by atoms with Crippen molar-refractivity contribution in [1.29, 1.82) is 0 Å². The third-order valence-electron chi connectivity index (χ3n) is 6.34. The minimum absolute atomic E-state index is 1.06. The molecule has 0 atom stereocenters. The van der Waals surface area contributed by atoms with Crippen molar-refractivity contribution in [3.63, 3.8) is 0 Å². The maximum Gasteiger partial charge on any atom is 0.0212 e. The van der Waals surface area contributed by atoms with Gasteiger partial charge in [0.15, 0.2) is 0 Å². The van der Waals surface area contributed by atoms with Crippen LogP contribution in [0.2, 0.25) is 0 Å². The zero-order valence-electron chi connectivity index (χ0n) is 16.4. The Morgan fingerprint density at radius 3 is 2.35 bits per heavy atom. The molecule has 0 unspecified atom stereocenters. The Hall–Kier alpha value is -1.45. The van der Waals surface area contributed by atoms with E-state index >= 15 is 0 Å². The summed E-state index contributed by atoms with van der Waals surface area (Å²) >= 11 is 0. The summed E-state index contributed by atoms with van der Waals surface area (Å²) < 4.78 is 5.04. The fourth-order valence-corrected chi connectivity index (χ4v) is 6.75. The molecule has 0 spiro atoms. The first-order chi connectivity index (χ1) is 12.5. The Labute approximate surface area is 159 Å². The molecule has 3 heteroatoms. The van der Waals surface area contributed by atoms with Crippen LogP contribution in [0.4, 0.5) is 0 Å². The van der Waals surface area contributed by atoms with Crippen LogP contribution >= 0.6 is 9.39 Å². The monoisotopic (exact) mass is 368 g/mol. The van der Waals surface area contributed by atoms with Crippen LogP contribution in [-0.2, 0) is 25.8 Å². The Bertz CT molecular complexity index is 895. The number of rotatable bonds is 5. The van der Waals surface area contributed by atoms with Crippen molar-refractivity contribution in [3.8, 4) is 0 Å². The van der Waals surface area contributed by atoms with Crippen LogP contribution in [-0.4, -0.2) is 33.7 Å². The van der Waals surface area contributed by atoms with Gasteiger partial charge in [0.2, 0.25) is 0 Å². The van der Waals surface area contributed by atoms with Crippen molar-refractivity contribution in [3.05, 3.63) is 52.3 Å². The number of fused-ring (bicyclic) bond motifs is 1. The summed E-state index contributed by atoms with van der Waals surface area (Å²) in [7, 11) is -1.32. The van der Waals surface area contributed by atoms with Gasteiger partial charge in [-0.15, -0.1) is 9.39 Å². The lowest BCUT2D eigenvalue weighted by Crippen LogP contribution is -2.15.